The maximum Gasteiger partial charge on any atom is 0.185 e. The van der Waals surface area contributed by atoms with Crippen molar-refractivity contribution in [1.29, 1.82) is 0 Å². The van der Waals surface area contributed by atoms with Gasteiger partial charge in [0.2, 0.25) is 0 Å². The Kier molecular flexibility index (Phi) is 3.68. The van der Waals surface area contributed by atoms with E-state index in [2.05, 4.69) is 30.9 Å². The summed E-state index contributed by atoms with van der Waals surface area (Å²) in [6, 6.07) is 0. The Bertz CT molecular complexity index is 390. The topological polar surface area (TPSA) is 16.9 Å². The molecule has 0 aromatic rings. The summed E-state index contributed by atoms with van der Waals surface area (Å²) >= 11 is 0. The summed E-state index contributed by atoms with van der Waals surface area (Å²) in [5.41, 5.74) is 1.24. The van der Waals surface area contributed by atoms with Crippen molar-refractivity contribution >= 4 is 0 Å². The van der Waals surface area contributed by atoms with Crippen LogP contribution in [0.3, 0.4) is 0 Å². The van der Waals surface area contributed by atoms with Gasteiger partial charge in [-0.25, -0.2) is 0 Å². The van der Waals surface area contributed by atoms with Crippen LogP contribution in [0.1, 0.15) is 46.0 Å². The first kappa shape index (κ1) is 13.2. The molecular weight excluding hydrogens is 236 g/mol. The fourth-order valence-corrected chi connectivity index (χ4v) is 3.72. The summed E-state index contributed by atoms with van der Waals surface area (Å²) in [4.78, 5) is 4.15. The molecule has 2 fully saturated rings. The Balaban J connectivity index is 1.82. The second-order valence-corrected chi connectivity index (χ2v) is 6.37. The molecule has 1 unspecified atom stereocenters. The highest BCUT2D eigenvalue weighted by Gasteiger charge is 2.38. The van der Waals surface area contributed by atoms with Gasteiger partial charge in [-0.3, -0.25) is 4.90 Å². The zero-order valence-electron chi connectivity index (χ0n) is 12.4. The lowest BCUT2D eigenvalue weighted by Crippen LogP contribution is -3.11. The Morgan fingerprint density at radius 3 is 2.47 bits per heavy atom. The zero-order chi connectivity index (χ0) is 13.3. The second-order valence-electron chi connectivity index (χ2n) is 6.37. The standard InChI is InChI=1S/C16H26N2O/c1-14-12-15(17-8-4-3-5-9-17)13-16(2,19-14)18-10-6-7-11-18/h12-13H,3-11H2,1-2H3/p+1. The fourth-order valence-electron chi connectivity index (χ4n) is 3.72. The number of hydrogen-bond acceptors (Lipinski definition) is 2. The Hall–Kier alpha value is -0.800. The monoisotopic (exact) mass is 263 g/mol. The van der Waals surface area contributed by atoms with E-state index in [4.69, 9.17) is 4.74 Å². The van der Waals surface area contributed by atoms with E-state index in [-0.39, 0.29) is 5.72 Å². The predicted octanol–water partition coefficient (Wildman–Crippen LogP) is 1.69. The van der Waals surface area contributed by atoms with E-state index in [1.54, 1.807) is 4.90 Å². The molecule has 1 atom stereocenters. The van der Waals surface area contributed by atoms with E-state index in [1.807, 2.05) is 0 Å². The van der Waals surface area contributed by atoms with Crippen LogP contribution in [-0.4, -0.2) is 36.8 Å². The van der Waals surface area contributed by atoms with Crippen LogP contribution < -0.4 is 4.90 Å². The number of quaternary nitrogens is 1. The third-order valence-electron chi connectivity index (χ3n) is 4.75. The molecule has 2 saturated heterocycles. The number of nitrogens with one attached hydrogen (secondary N) is 1. The van der Waals surface area contributed by atoms with Crippen LogP contribution >= 0.6 is 0 Å². The fraction of sp³-hybridized carbons (Fsp3) is 0.750. The minimum atomic E-state index is -0.213. The molecule has 106 valence electrons. The largest absolute Gasteiger partial charge is 0.473 e. The van der Waals surface area contributed by atoms with Crippen LogP contribution in [0.4, 0.5) is 0 Å². The molecule has 3 aliphatic heterocycles. The number of rotatable bonds is 2. The van der Waals surface area contributed by atoms with E-state index in [9.17, 15) is 0 Å². The average Bonchev–Trinajstić information content (AvgIpc) is 2.93. The highest BCUT2D eigenvalue weighted by Crippen LogP contribution is 2.30. The Morgan fingerprint density at radius 2 is 1.79 bits per heavy atom. The second kappa shape index (κ2) is 5.29. The Morgan fingerprint density at radius 1 is 1.11 bits per heavy atom. The summed E-state index contributed by atoms with van der Waals surface area (Å²) in [6.07, 6.45) is 11.4. The summed E-state index contributed by atoms with van der Waals surface area (Å²) in [6.45, 7) is 9.24. The van der Waals surface area contributed by atoms with Crippen molar-refractivity contribution in [2.45, 2.75) is 51.7 Å². The quantitative estimate of drug-likeness (QED) is 0.816. The highest BCUT2D eigenvalue weighted by molar-refractivity contribution is 5.22. The van der Waals surface area contributed by atoms with E-state index >= 15 is 0 Å². The smallest absolute Gasteiger partial charge is 0.185 e. The zero-order valence-corrected chi connectivity index (χ0v) is 12.4. The van der Waals surface area contributed by atoms with E-state index in [0.29, 0.717) is 0 Å². The molecule has 0 spiro atoms. The van der Waals surface area contributed by atoms with Crippen molar-refractivity contribution in [2.24, 2.45) is 0 Å². The van der Waals surface area contributed by atoms with Gasteiger partial charge in [0, 0.05) is 25.2 Å². The van der Waals surface area contributed by atoms with Gasteiger partial charge in [-0.1, -0.05) is 0 Å². The predicted molar refractivity (Wildman–Crippen MR) is 76.7 cm³/mol. The maximum atomic E-state index is 6.18. The van der Waals surface area contributed by atoms with Crippen LogP contribution in [-0.2, 0) is 4.74 Å². The van der Waals surface area contributed by atoms with Gasteiger partial charge in [-0.2, -0.15) is 0 Å². The van der Waals surface area contributed by atoms with Gasteiger partial charge >= 0.3 is 0 Å². The lowest BCUT2D eigenvalue weighted by molar-refractivity contribution is -0.863. The molecule has 3 heteroatoms. The van der Waals surface area contributed by atoms with E-state index < -0.39 is 0 Å². The average molecular weight is 263 g/mol. The van der Waals surface area contributed by atoms with Crippen LogP contribution in [0.2, 0.25) is 0 Å². The lowest BCUT2D eigenvalue weighted by Gasteiger charge is -2.40. The highest BCUT2D eigenvalue weighted by atomic mass is 16.5. The van der Waals surface area contributed by atoms with Crippen LogP contribution in [0.15, 0.2) is 23.6 Å². The van der Waals surface area contributed by atoms with Gasteiger partial charge in [0.05, 0.1) is 13.1 Å². The number of hydrogen-bond donors (Lipinski definition) is 1. The summed E-state index contributed by atoms with van der Waals surface area (Å²) in [5, 5.41) is 0. The van der Waals surface area contributed by atoms with Gasteiger partial charge in [0.15, 0.2) is 5.72 Å². The normalized spacial score (nSPS) is 33.8. The Labute approximate surface area is 116 Å². The molecule has 0 aromatic carbocycles. The molecule has 0 bridgehead atoms. The molecule has 0 saturated carbocycles. The molecule has 3 rings (SSSR count). The minimum Gasteiger partial charge on any atom is -0.473 e. The first-order valence-corrected chi connectivity index (χ1v) is 7.88. The van der Waals surface area contributed by atoms with Crippen molar-refractivity contribution in [3.8, 4) is 0 Å². The van der Waals surface area contributed by atoms with E-state index in [1.165, 1.54) is 64.0 Å². The van der Waals surface area contributed by atoms with Gasteiger partial charge in [0.25, 0.3) is 0 Å². The summed E-state index contributed by atoms with van der Waals surface area (Å²) in [7, 11) is 0. The first-order chi connectivity index (χ1) is 9.17. The molecule has 0 aliphatic carbocycles. The molecule has 3 aliphatic rings. The SMILES string of the molecule is CC1=CC([NH+]2CCCCC2)=CC(C)(N2CCCC2)O1. The number of likely N-dealkylation sites (tertiary alicyclic amines) is 2. The molecule has 0 amide bonds. The third kappa shape index (κ3) is 2.72. The number of nitrogens with zero attached hydrogens (tertiary/aromatic N) is 1. The van der Waals surface area contributed by atoms with Crippen molar-refractivity contribution in [3.63, 3.8) is 0 Å². The van der Waals surface area contributed by atoms with E-state index in [0.717, 1.165) is 5.76 Å². The van der Waals surface area contributed by atoms with Gasteiger partial charge in [-0.05, 0) is 46.0 Å². The first-order valence-electron chi connectivity index (χ1n) is 7.88. The number of allylic oxidation sites excluding steroid dienone is 2. The van der Waals surface area contributed by atoms with Gasteiger partial charge in [0.1, 0.15) is 11.5 Å². The van der Waals surface area contributed by atoms with Crippen LogP contribution in [0.5, 0.6) is 0 Å². The molecule has 3 heterocycles. The molecular formula is C16H27N2O+. The maximum absolute atomic E-state index is 6.18. The van der Waals surface area contributed by atoms with Crippen molar-refractivity contribution in [1.82, 2.24) is 4.90 Å². The number of ether oxygens (including phenoxy) is 1. The van der Waals surface area contributed by atoms with Crippen molar-refractivity contribution in [2.75, 3.05) is 26.2 Å². The van der Waals surface area contributed by atoms with Crippen LogP contribution in [0, 0.1) is 0 Å². The molecule has 0 radical (unpaired) electrons. The molecule has 3 nitrogen and oxygen atoms in total. The number of piperidine rings is 1. The minimum absolute atomic E-state index is 0.213. The van der Waals surface area contributed by atoms with Crippen molar-refractivity contribution < 1.29 is 9.64 Å². The van der Waals surface area contributed by atoms with Crippen molar-refractivity contribution in [3.05, 3.63) is 23.6 Å². The third-order valence-corrected chi connectivity index (χ3v) is 4.75. The molecule has 0 aromatic heterocycles. The molecule has 19 heavy (non-hydrogen) atoms. The summed E-state index contributed by atoms with van der Waals surface area (Å²) < 4.78 is 6.18. The van der Waals surface area contributed by atoms with Gasteiger partial charge < -0.3 is 9.64 Å². The van der Waals surface area contributed by atoms with Gasteiger partial charge in [-0.15, -0.1) is 0 Å². The lowest BCUT2D eigenvalue weighted by atomic mass is 10.1. The summed E-state index contributed by atoms with van der Waals surface area (Å²) in [5.74, 6) is 1.07. The van der Waals surface area contributed by atoms with Crippen LogP contribution in [0.25, 0.3) is 0 Å². The molecule has 1 N–H and O–H groups in total.